The summed E-state index contributed by atoms with van der Waals surface area (Å²) in [6.07, 6.45) is -0.0950. The van der Waals surface area contributed by atoms with Crippen LogP contribution >= 0.6 is 11.3 Å². The minimum Gasteiger partial charge on any atom is -0.497 e. The third-order valence-corrected chi connectivity index (χ3v) is 5.55. The molecule has 1 atom stereocenters. The highest BCUT2D eigenvalue weighted by molar-refractivity contribution is 7.14. The van der Waals surface area contributed by atoms with Crippen LogP contribution in [0.2, 0.25) is 0 Å². The van der Waals surface area contributed by atoms with Crippen LogP contribution in [-0.4, -0.2) is 42.5 Å². The number of carbonyl (C=O) groups excluding carboxylic acids is 3. The lowest BCUT2D eigenvalue weighted by atomic mass is 10.1. The first-order valence-electron chi connectivity index (χ1n) is 10.4. The van der Waals surface area contributed by atoms with Gasteiger partial charge in [0.1, 0.15) is 12.3 Å². The van der Waals surface area contributed by atoms with Crippen molar-refractivity contribution in [1.29, 1.82) is 0 Å². The van der Waals surface area contributed by atoms with E-state index in [1.54, 1.807) is 24.3 Å². The van der Waals surface area contributed by atoms with Crippen LogP contribution in [0.15, 0.2) is 53.9 Å². The molecule has 0 saturated carbocycles. The second-order valence-corrected chi connectivity index (χ2v) is 7.98. The molecule has 9 heteroatoms. The normalized spacial score (nSPS) is 11.4. The van der Waals surface area contributed by atoms with Crippen molar-refractivity contribution in [3.05, 3.63) is 65.0 Å². The molecule has 0 saturated heterocycles. The summed E-state index contributed by atoms with van der Waals surface area (Å²) in [7, 11) is 1.50. The molecule has 172 valence electrons. The van der Waals surface area contributed by atoms with E-state index in [9.17, 15) is 14.4 Å². The highest BCUT2D eigenvalue weighted by Gasteiger charge is 2.20. The van der Waals surface area contributed by atoms with Crippen LogP contribution in [-0.2, 0) is 20.7 Å². The number of carbonyl (C=O) groups is 3. The summed E-state index contributed by atoms with van der Waals surface area (Å²) in [6.45, 7) is 3.17. The summed E-state index contributed by atoms with van der Waals surface area (Å²) in [4.78, 5) is 41.0. The summed E-state index contributed by atoms with van der Waals surface area (Å²) in [5.74, 6) is -1.17. The number of nitrogens with one attached hydrogen (secondary N) is 2. The molecule has 2 aromatic carbocycles. The van der Waals surface area contributed by atoms with Crippen molar-refractivity contribution >= 4 is 34.3 Å². The highest BCUT2D eigenvalue weighted by atomic mass is 32.1. The summed E-state index contributed by atoms with van der Waals surface area (Å²) >= 11 is 1.28. The monoisotopic (exact) mass is 467 g/mol. The Morgan fingerprint density at radius 1 is 1.12 bits per heavy atom. The summed E-state index contributed by atoms with van der Waals surface area (Å²) in [5, 5.41) is 7.37. The molecule has 0 radical (unpaired) electrons. The Bertz CT molecular complexity index is 1130. The van der Waals surface area contributed by atoms with E-state index in [0.717, 1.165) is 17.7 Å². The van der Waals surface area contributed by atoms with Crippen LogP contribution in [0.4, 0.5) is 5.13 Å². The SMILES string of the molecule is CCc1ccc(-c2csc(NC(=O)C(C)OC(=O)CNC(=O)c3cccc(OC)c3)n2)cc1. The molecular formula is C24H25N3O5S. The maximum atomic E-state index is 12.4. The number of thiazole rings is 1. The lowest BCUT2D eigenvalue weighted by molar-refractivity contribution is -0.152. The molecule has 1 aromatic heterocycles. The number of hydrogen-bond acceptors (Lipinski definition) is 7. The number of methoxy groups -OCH3 is 1. The number of anilines is 1. The molecule has 0 bridgehead atoms. The first-order chi connectivity index (χ1) is 15.9. The number of aromatic nitrogens is 1. The van der Waals surface area contributed by atoms with Gasteiger partial charge in [-0.15, -0.1) is 11.3 Å². The molecule has 1 unspecified atom stereocenters. The van der Waals surface area contributed by atoms with Crippen molar-refractivity contribution < 1.29 is 23.9 Å². The molecule has 0 aliphatic carbocycles. The van der Waals surface area contributed by atoms with Gasteiger partial charge < -0.3 is 14.8 Å². The molecule has 2 amide bonds. The highest BCUT2D eigenvalue weighted by Crippen LogP contribution is 2.25. The summed E-state index contributed by atoms with van der Waals surface area (Å²) < 4.78 is 10.2. The molecule has 33 heavy (non-hydrogen) atoms. The van der Waals surface area contributed by atoms with Gasteiger partial charge in [-0.2, -0.15) is 0 Å². The molecule has 0 fully saturated rings. The maximum absolute atomic E-state index is 12.4. The zero-order chi connectivity index (χ0) is 23.8. The van der Waals surface area contributed by atoms with Gasteiger partial charge in [-0.05, 0) is 37.1 Å². The fourth-order valence-corrected chi connectivity index (χ4v) is 3.62. The van der Waals surface area contributed by atoms with Crippen molar-refractivity contribution in [3.63, 3.8) is 0 Å². The number of nitrogens with zero attached hydrogens (tertiary/aromatic N) is 1. The minimum absolute atomic E-state index is 0.344. The number of hydrogen-bond donors (Lipinski definition) is 2. The first kappa shape index (κ1) is 23.9. The van der Waals surface area contributed by atoms with Gasteiger partial charge in [0, 0.05) is 16.5 Å². The van der Waals surface area contributed by atoms with Crippen LogP contribution < -0.4 is 15.4 Å². The zero-order valence-electron chi connectivity index (χ0n) is 18.6. The summed E-state index contributed by atoms with van der Waals surface area (Å²) in [5.41, 5.74) is 3.28. The lowest BCUT2D eigenvalue weighted by Crippen LogP contribution is -2.35. The number of aryl methyl sites for hydroxylation is 1. The molecular weight excluding hydrogens is 442 g/mol. The van der Waals surface area contributed by atoms with E-state index in [-0.39, 0.29) is 6.54 Å². The van der Waals surface area contributed by atoms with Crippen LogP contribution in [0, 0.1) is 0 Å². The minimum atomic E-state index is -1.05. The van der Waals surface area contributed by atoms with Crippen LogP contribution in [0.1, 0.15) is 29.8 Å². The average Bonchev–Trinajstić information content (AvgIpc) is 3.30. The van der Waals surface area contributed by atoms with E-state index in [0.29, 0.717) is 16.4 Å². The Labute approximate surface area is 196 Å². The predicted octanol–water partition coefficient (Wildman–Crippen LogP) is 3.68. The molecule has 0 spiro atoms. The van der Waals surface area contributed by atoms with Crippen LogP contribution in [0.3, 0.4) is 0 Å². The van der Waals surface area contributed by atoms with Crippen molar-refractivity contribution in [1.82, 2.24) is 10.3 Å². The largest absolute Gasteiger partial charge is 0.497 e. The Balaban J connectivity index is 1.48. The zero-order valence-corrected chi connectivity index (χ0v) is 19.4. The number of benzene rings is 2. The molecule has 0 aliphatic heterocycles. The van der Waals surface area contributed by atoms with E-state index >= 15 is 0 Å². The van der Waals surface area contributed by atoms with Gasteiger partial charge >= 0.3 is 5.97 Å². The predicted molar refractivity (Wildman–Crippen MR) is 126 cm³/mol. The average molecular weight is 468 g/mol. The van der Waals surface area contributed by atoms with Crippen molar-refractivity contribution in [3.8, 4) is 17.0 Å². The number of ether oxygens (including phenoxy) is 2. The Morgan fingerprint density at radius 3 is 2.58 bits per heavy atom. The van der Waals surface area contributed by atoms with E-state index in [1.165, 1.54) is 30.9 Å². The van der Waals surface area contributed by atoms with Crippen molar-refractivity contribution in [2.24, 2.45) is 0 Å². The fourth-order valence-electron chi connectivity index (χ4n) is 2.89. The molecule has 1 heterocycles. The van der Waals surface area contributed by atoms with Gasteiger partial charge in [-0.25, -0.2) is 4.98 Å². The van der Waals surface area contributed by atoms with Gasteiger partial charge in [0.2, 0.25) is 0 Å². The fraction of sp³-hybridized carbons (Fsp3) is 0.250. The Hall–Kier alpha value is -3.72. The quantitative estimate of drug-likeness (QED) is 0.465. The smallest absolute Gasteiger partial charge is 0.326 e. The van der Waals surface area contributed by atoms with Gasteiger partial charge in [-0.3, -0.25) is 19.7 Å². The van der Waals surface area contributed by atoms with E-state index < -0.39 is 23.9 Å². The van der Waals surface area contributed by atoms with Crippen molar-refractivity contribution in [2.75, 3.05) is 19.0 Å². The molecule has 3 rings (SSSR count). The van der Waals surface area contributed by atoms with E-state index in [2.05, 4.69) is 22.5 Å². The van der Waals surface area contributed by atoms with Crippen LogP contribution in [0.5, 0.6) is 5.75 Å². The van der Waals surface area contributed by atoms with Gasteiger partial charge in [-0.1, -0.05) is 37.3 Å². The van der Waals surface area contributed by atoms with E-state index in [1.807, 2.05) is 29.6 Å². The van der Waals surface area contributed by atoms with Gasteiger partial charge in [0.15, 0.2) is 11.2 Å². The van der Waals surface area contributed by atoms with Gasteiger partial charge in [0.25, 0.3) is 11.8 Å². The molecule has 2 N–H and O–H groups in total. The molecule has 3 aromatic rings. The molecule has 8 nitrogen and oxygen atoms in total. The maximum Gasteiger partial charge on any atom is 0.326 e. The number of amides is 2. The second kappa shape index (κ2) is 11.2. The number of esters is 1. The van der Waals surface area contributed by atoms with Gasteiger partial charge in [0.05, 0.1) is 12.8 Å². The Kier molecular flexibility index (Phi) is 8.15. The number of rotatable bonds is 9. The Morgan fingerprint density at radius 2 is 1.88 bits per heavy atom. The topological polar surface area (TPSA) is 107 Å². The third kappa shape index (κ3) is 6.63. The summed E-state index contributed by atoms with van der Waals surface area (Å²) in [6, 6.07) is 14.6. The molecule has 0 aliphatic rings. The lowest BCUT2D eigenvalue weighted by Gasteiger charge is -2.13. The second-order valence-electron chi connectivity index (χ2n) is 7.12. The van der Waals surface area contributed by atoms with Crippen molar-refractivity contribution in [2.45, 2.75) is 26.4 Å². The van der Waals surface area contributed by atoms with E-state index in [4.69, 9.17) is 9.47 Å². The van der Waals surface area contributed by atoms with Crippen LogP contribution in [0.25, 0.3) is 11.3 Å². The standard InChI is InChI=1S/C24H25N3O5S/c1-4-16-8-10-17(11-9-16)20-14-33-24(26-20)27-22(29)15(2)32-21(28)13-25-23(30)18-6-5-7-19(12-18)31-3/h5-12,14-15H,4,13H2,1-3H3,(H,25,30)(H,26,27,29). The third-order valence-electron chi connectivity index (χ3n) is 4.79. The first-order valence-corrected chi connectivity index (χ1v) is 11.2.